The maximum Gasteiger partial charge on any atom is 0.253 e. The van der Waals surface area contributed by atoms with Crippen molar-refractivity contribution in [1.29, 1.82) is 0 Å². The standard InChI is InChI=1S/C23H27N3O3S/c1-15-11-16(2)21-17(12-15)13-18(22(28)25-21)14-26(9-6-10-27)23(30)24-19-7-4-5-8-20(19)29-3/h4-5,7-8,11-13,27H,6,9-10,14H2,1-3H3,(H,24,30)(H,25,28). The molecule has 0 saturated carbocycles. The first kappa shape index (κ1) is 21.8. The molecule has 3 rings (SSSR count). The third-order valence-electron chi connectivity index (χ3n) is 4.95. The van der Waals surface area contributed by atoms with Gasteiger partial charge in [0.15, 0.2) is 5.11 Å². The predicted molar refractivity (Wildman–Crippen MR) is 125 cm³/mol. The van der Waals surface area contributed by atoms with E-state index in [9.17, 15) is 9.90 Å². The third kappa shape index (κ3) is 4.98. The Bertz CT molecular complexity index is 1110. The van der Waals surface area contributed by atoms with Crippen LogP contribution in [0.4, 0.5) is 5.69 Å². The molecule has 0 aliphatic rings. The van der Waals surface area contributed by atoms with Crippen molar-refractivity contribution < 1.29 is 9.84 Å². The van der Waals surface area contributed by atoms with Gasteiger partial charge in [0.25, 0.3) is 5.56 Å². The molecule has 0 radical (unpaired) electrons. The Morgan fingerprint density at radius 3 is 2.73 bits per heavy atom. The van der Waals surface area contributed by atoms with E-state index in [2.05, 4.69) is 22.4 Å². The molecule has 0 aliphatic carbocycles. The van der Waals surface area contributed by atoms with Gasteiger partial charge in [-0.15, -0.1) is 0 Å². The highest BCUT2D eigenvalue weighted by atomic mass is 32.1. The second-order valence-corrected chi connectivity index (χ2v) is 7.69. The van der Waals surface area contributed by atoms with Gasteiger partial charge in [-0.3, -0.25) is 4.79 Å². The van der Waals surface area contributed by atoms with E-state index in [-0.39, 0.29) is 12.2 Å². The summed E-state index contributed by atoms with van der Waals surface area (Å²) in [5.41, 5.74) is 4.27. The number of nitrogens with one attached hydrogen (secondary N) is 2. The van der Waals surface area contributed by atoms with E-state index in [0.29, 0.717) is 35.9 Å². The van der Waals surface area contributed by atoms with E-state index in [4.69, 9.17) is 17.0 Å². The molecule has 3 aromatic rings. The fourth-order valence-corrected chi connectivity index (χ4v) is 3.78. The number of fused-ring (bicyclic) bond motifs is 1. The van der Waals surface area contributed by atoms with Crippen molar-refractivity contribution in [2.75, 3.05) is 25.6 Å². The van der Waals surface area contributed by atoms with Crippen LogP contribution < -0.4 is 15.6 Å². The SMILES string of the molecule is COc1ccccc1NC(=S)N(CCCO)Cc1cc2cc(C)cc(C)c2[nH]c1=O. The van der Waals surface area contributed by atoms with Crippen molar-refractivity contribution in [3.05, 3.63) is 69.5 Å². The molecule has 0 saturated heterocycles. The highest BCUT2D eigenvalue weighted by molar-refractivity contribution is 7.80. The first-order valence-electron chi connectivity index (χ1n) is 9.86. The molecule has 0 aliphatic heterocycles. The summed E-state index contributed by atoms with van der Waals surface area (Å²) in [6.45, 7) is 4.92. The van der Waals surface area contributed by atoms with Crippen molar-refractivity contribution in [1.82, 2.24) is 9.88 Å². The first-order chi connectivity index (χ1) is 14.4. The smallest absolute Gasteiger partial charge is 0.253 e. The minimum Gasteiger partial charge on any atom is -0.495 e. The van der Waals surface area contributed by atoms with Crippen LogP contribution in [0.5, 0.6) is 5.75 Å². The van der Waals surface area contributed by atoms with Gasteiger partial charge in [-0.1, -0.05) is 23.8 Å². The summed E-state index contributed by atoms with van der Waals surface area (Å²) in [5.74, 6) is 0.677. The number of ether oxygens (including phenoxy) is 1. The lowest BCUT2D eigenvalue weighted by Crippen LogP contribution is -2.37. The van der Waals surface area contributed by atoms with Crippen LogP contribution in [0, 0.1) is 13.8 Å². The molecule has 2 aromatic carbocycles. The van der Waals surface area contributed by atoms with E-state index >= 15 is 0 Å². The second kappa shape index (κ2) is 9.73. The van der Waals surface area contributed by atoms with Gasteiger partial charge >= 0.3 is 0 Å². The summed E-state index contributed by atoms with van der Waals surface area (Å²) in [4.78, 5) is 17.6. The molecule has 0 fully saturated rings. The van der Waals surface area contributed by atoms with E-state index in [0.717, 1.165) is 27.7 Å². The number of pyridine rings is 1. The van der Waals surface area contributed by atoms with Gasteiger partial charge in [0.05, 0.1) is 24.9 Å². The van der Waals surface area contributed by atoms with Crippen molar-refractivity contribution in [3.8, 4) is 5.75 Å². The number of H-pyrrole nitrogens is 1. The van der Waals surface area contributed by atoms with E-state index in [1.54, 1.807) is 7.11 Å². The van der Waals surface area contributed by atoms with Crippen molar-refractivity contribution in [2.24, 2.45) is 0 Å². The Hall–Kier alpha value is -2.90. The molecule has 158 valence electrons. The first-order valence-corrected chi connectivity index (χ1v) is 10.3. The molecule has 0 unspecified atom stereocenters. The van der Waals surface area contributed by atoms with Gasteiger partial charge in [0.2, 0.25) is 0 Å². The number of methoxy groups -OCH3 is 1. The lowest BCUT2D eigenvalue weighted by molar-refractivity contribution is 0.265. The normalized spacial score (nSPS) is 10.8. The number of benzene rings is 2. The maximum absolute atomic E-state index is 12.7. The molecule has 0 amide bonds. The Balaban J connectivity index is 1.90. The number of aliphatic hydroxyl groups excluding tert-OH is 1. The van der Waals surface area contributed by atoms with E-state index in [1.165, 1.54) is 0 Å². The minimum absolute atomic E-state index is 0.0419. The Morgan fingerprint density at radius 2 is 2.00 bits per heavy atom. The van der Waals surface area contributed by atoms with Crippen molar-refractivity contribution in [3.63, 3.8) is 0 Å². The summed E-state index contributed by atoms with van der Waals surface area (Å²) in [6.07, 6.45) is 0.539. The number of aliphatic hydroxyl groups is 1. The molecule has 1 heterocycles. The van der Waals surface area contributed by atoms with Crippen LogP contribution in [0.15, 0.2) is 47.3 Å². The zero-order valence-corrected chi connectivity index (χ0v) is 18.3. The van der Waals surface area contributed by atoms with Crippen LogP contribution in [0.1, 0.15) is 23.1 Å². The molecule has 0 spiro atoms. The van der Waals surface area contributed by atoms with Crippen LogP contribution in [-0.4, -0.2) is 40.4 Å². The quantitative estimate of drug-likeness (QED) is 0.501. The zero-order chi connectivity index (χ0) is 21.7. The van der Waals surface area contributed by atoms with Gasteiger partial charge in [-0.25, -0.2) is 0 Å². The average Bonchev–Trinajstić information content (AvgIpc) is 2.72. The monoisotopic (exact) mass is 425 g/mol. The molecule has 6 nitrogen and oxygen atoms in total. The Labute approximate surface area is 181 Å². The fourth-order valence-electron chi connectivity index (χ4n) is 3.51. The van der Waals surface area contributed by atoms with Crippen LogP contribution >= 0.6 is 12.2 Å². The maximum atomic E-state index is 12.7. The molecular formula is C23H27N3O3S. The molecule has 30 heavy (non-hydrogen) atoms. The highest BCUT2D eigenvalue weighted by Gasteiger charge is 2.15. The number of para-hydroxylation sites is 2. The number of thiocarbonyl (C=S) groups is 1. The molecule has 0 bridgehead atoms. The molecule has 1 aromatic heterocycles. The number of hydrogen-bond acceptors (Lipinski definition) is 4. The average molecular weight is 426 g/mol. The number of nitrogens with zero attached hydrogens (tertiary/aromatic N) is 1. The molecular weight excluding hydrogens is 398 g/mol. The number of anilines is 1. The summed E-state index contributed by atoms with van der Waals surface area (Å²) in [6, 6.07) is 13.5. The zero-order valence-electron chi connectivity index (χ0n) is 17.5. The van der Waals surface area contributed by atoms with Crippen LogP contribution in [0.25, 0.3) is 10.9 Å². The number of aromatic amines is 1. The van der Waals surface area contributed by atoms with Crippen molar-refractivity contribution in [2.45, 2.75) is 26.8 Å². The lowest BCUT2D eigenvalue weighted by atomic mass is 10.1. The largest absolute Gasteiger partial charge is 0.495 e. The topological polar surface area (TPSA) is 77.6 Å². The van der Waals surface area contributed by atoms with Crippen molar-refractivity contribution >= 4 is 33.9 Å². The summed E-state index contributed by atoms with van der Waals surface area (Å²) < 4.78 is 5.38. The van der Waals surface area contributed by atoms with E-state index < -0.39 is 0 Å². The van der Waals surface area contributed by atoms with Gasteiger partial charge in [-0.2, -0.15) is 0 Å². The predicted octanol–water partition coefficient (Wildman–Crippen LogP) is 3.73. The Kier molecular flexibility index (Phi) is 7.07. The highest BCUT2D eigenvalue weighted by Crippen LogP contribution is 2.24. The molecule has 3 N–H and O–H groups in total. The van der Waals surface area contributed by atoms with Crippen LogP contribution in [0.2, 0.25) is 0 Å². The summed E-state index contributed by atoms with van der Waals surface area (Å²) in [5, 5.41) is 14.0. The van der Waals surface area contributed by atoms with Gasteiger partial charge in [0.1, 0.15) is 5.75 Å². The van der Waals surface area contributed by atoms with Gasteiger partial charge < -0.3 is 25.0 Å². The molecule has 7 heteroatoms. The van der Waals surface area contributed by atoms with Crippen LogP contribution in [0.3, 0.4) is 0 Å². The minimum atomic E-state index is -0.136. The number of aryl methyl sites for hydroxylation is 2. The van der Waals surface area contributed by atoms with E-state index in [1.807, 2.05) is 49.1 Å². The number of aromatic nitrogens is 1. The number of hydrogen-bond donors (Lipinski definition) is 3. The molecule has 0 atom stereocenters. The van der Waals surface area contributed by atoms with Gasteiger partial charge in [0, 0.05) is 18.7 Å². The lowest BCUT2D eigenvalue weighted by Gasteiger charge is -2.26. The fraction of sp³-hybridized carbons (Fsp3) is 0.304. The Morgan fingerprint density at radius 1 is 1.23 bits per heavy atom. The van der Waals surface area contributed by atoms with Crippen LogP contribution in [-0.2, 0) is 6.54 Å². The summed E-state index contributed by atoms with van der Waals surface area (Å²) in [7, 11) is 1.60. The third-order valence-corrected chi connectivity index (χ3v) is 5.31. The van der Waals surface area contributed by atoms with Gasteiger partial charge in [-0.05, 0) is 67.7 Å². The second-order valence-electron chi connectivity index (χ2n) is 7.30. The summed E-state index contributed by atoms with van der Waals surface area (Å²) >= 11 is 5.62. The number of rotatable bonds is 7.